The lowest BCUT2D eigenvalue weighted by atomic mass is 10.1. The van der Waals surface area contributed by atoms with Crippen LogP contribution in [0, 0.1) is 0 Å². The van der Waals surface area contributed by atoms with E-state index in [1.807, 2.05) is 11.8 Å². The van der Waals surface area contributed by atoms with E-state index >= 15 is 0 Å². The molecule has 2 aliphatic rings. The Balaban J connectivity index is 1.95. The Morgan fingerprint density at radius 3 is 2.42 bits per heavy atom. The third-order valence-electron chi connectivity index (χ3n) is 4.47. The number of carbonyl (C=O) groups excluding carboxylic acids is 2. The normalized spacial score (nSPS) is 26.4. The van der Waals surface area contributed by atoms with Gasteiger partial charge in [0.25, 0.3) is 0 Å². The molecule has 2 heterocycles. The summed E-state index contributed by atoms with van der Waals surface area (Å²) in [6.07, 6.45) is 6.27. The van der Waals surface area contributed by atoms with Crippen LogP contribution in [0.25, 0.3) is 0 Å². The molecule has 4 nitrogen and oxygen atoms in total. The van der Waals surface area contributed by atoms with E-state index in [4.69, 9.17) is 0 Å². The number of hydrogen-bond acceptors (Lipinski definition) is 3. The highest BCUT2D eigenvalue weighted by molar-refractivity contribution is 5.82. The van der Waals surface area contributed by atoms with Gasteiger partial charge in [-0.15, -0.1) is 0 Å². The molecule has 2 saturated heterocycles. The zero-order chi connectivity index (χ0) is 13.8. The van der Waals surface area contributed by atoms with Crippen LogP contribution in [0.3, 0.4) is 0 Å². The molecule has 0 aromatic heterocycles. The van der Waals surface area contributed by atoms with Gasteiger partial charge in [0, 0.05) is 25.6 Å². The van der Waals surface area contributed by atoms with Crippen LogP contribution in [-0.4, -0.2) is 53.2 Å². The second kappa shape index (κ2) is 6.51. The van der Waals surface area contributed by atoms with Gasteiger partial charge in [-0.1, -0.05) is 0 Å². The maximum atomic E-state index is 12.5. The minimum atomic E-state index is -0.0649. The Morgan fingerprint density at radius 1 is 1.11 bits per heavy atom. The van der Waals surface area contributed by atoms with Crippen LogP contribution in [0.2, 0.25) is 0 Å². The molecule has 0 aliphatic carbocycles. The zero-order valence-corrected chi connectivity index (χ0v) is 12.2. The predicted molar refractivity (Wildman–Crippen MR) is 74.9 cm³/mol. The minimum Gasteiger partial charge on any atom is -0.341 e. The van der Waals surface area contributed by atoms with E-state index in [1.165, 1.54) is 6.42 Å². The molecule has 4 heteroatoms. The summed E-state index contributed by atoms with van der Waals surface area (Å²) in [5.74, 6) is 0.490. The molecule has 19 heavy (non-hydrogen) atoms. The Hall–Kier alpha value is -0.900. The summed E-state index contributed by atoms with van der Waals surface area (Å²) in [7, 11) is 0. The first kappa shape index (κ1) is 14.5. The Labute approximate surface area is 116 Å². The van der Waals surface area contributed by atoms with Gasteiger partial charge in [-0.05, 0) is 52.5 Å². The van der Waals surface area contributed by atoms with Crippen molar-refractivity contribution < 1.29 is 9.59 Å². The van der Waals surface area contributed by atoms with Gasteiger partial charge in [0.2, 0.25) is 5.91 Å². The van der Waals surface area contributed by atoms with Gasteiger partial charge in [0.05, 0.1) is 6.04 Å². The van der Waals surface area contributed by atoms with Crippen molar-refractivity contribution in [1.82, 2.24) is 9.80 Å². The molecule has 2 unspecified atom stereocenters. The Morgan fingerprint density at radius 2 is 1.79 bits per heavy atom. The number of carbonyl (C=O) groups is 2. The molecular formula is C15H26N2O2. The summed E-state index contributed by atoms with van der Waals surface area (Å²) in [6.45, 7) is 6.44. The molecular weight excluding hydrogens is 240 g/mol. The van der Waals surface area contributed by atoms with Crippen molar-refractivity contribution in [2.75, 3.05) is 19.6 Å². The average Bonchev–Trinajstić information content (AvgIpc) is 2.85. The number of hydrogen-bond donors (Lipinski definition) is 0. The lowest BCUT2D eigenvalue weighted by Crippen LogP contribution is -2.50. The fourth-order valence-electron chi connectivity index (χ4n) is 3.44. The fourth-order valence-corrected chi connectivity index (χ4v) is 3.44. The molecule has 0 aromatic rings. The molecule has 108 valence electrons. The molecule has 1 amide bonds. The number of rotatable bonds is 4. The van der Waals surface area contributed by atoms with Crippen LogP contribution in [-0.2, 0) is 9.59 Å². The molecule has 0 aromatic carbocycles. The third kappa shape index (κ3) is 3.56. The lowest BCUT2D eigenvalue weighted by molar-refractivity contribution is -0.138. The highest BCUT2D eigenvalue weighted by atomic mass is 16.2. The molecule has 2 rings (SSSR count). The van der Waals surface area contributed by atoms with E-state index in [0.717, 1.165) is 45.3 Å². The number of Topliss-reactive ketones (excluding diaryl/α,β-unsaturated/α-hetero) is 1. The smallest absolute Gasteiger partial charge is 0.239 e. The van der Waals surface area contributed by atoms with Crippen molar-refractivity contribution in [2.24, 2.45) is 0 Å². The lowest BCUT2D eigenvalue weighted by Gasteiger charge is -2.35. The van der Waals surface area contributed by atoms with Crippen LogP contribution >= 0.6 is 0 Å². The Bertz CT molecular complexity index is 337. The van der Waals surface area contributed by atoms with Crippen LogP contribution in [0.5, 0.6) is 0 Å². The van der Waals surface area contributed by atoms with Crippen molar-refractivity contribution in [2.45, 2.75) is 64.5 Å². The SMILES string of the molecule is CC(=O)CC1CCCN1C(C)C(=O)N1CCCCC1. The van der Waals surface area contributed by atoms with E-state index < -0.39 is 0 Å². The first-order valence-corrected chi connectivity index (χ1v) is 7.63. The van der Waals surface area contributed by atoms with Crippen molar-refractivity contribution in [3.63, 3.8) is 0 Å². The summed E-state index contributed by atoms with van der Waals surface area (Å²) in [5.41, 5.74) is 0. The molecule has 2 aliphatic heterocycles. The van der Waals surface area contributed by atoms with E-state index in [0.29, 0.717) is 6.42 Å². The van der Waals surface area contributed by atoms with E-state index in [9.17, 15) is 9.59 Å². The molecule has 0 radical (unpaired) electrons. The number of likely N-dealkylation sites (tertiary alicyclic amines) is 2. The summed E-state index contributed by atoms with van der Waals surface area (Å²) < 4.78 is 0. The number of amides is 1. The minimum absolute atomic E-state index is 0.0649. The predicted octanol–water partition coefficient (Wildman–Crippen LogP) is 1.83. The first-order chi connectivity index (χ1) is 9.09. The van der Waals surface area contributed by atoms with Crippen LogP contribution in [0.1, 0.15) is 52.4 Å². The van der Waals surface area contributed by atoms with Crippen molar-refractivity contribution in [3.8, 4) is 0 Å². The summed E-state index contributed by atoms with van der Waals surface area (Å²) in [4.78, 5) is 28.1. The Kier molecular flexibility index (Phi) is 4.97. The first-order valence-electron chi connectivity index (χ1n) is 7.63. The fraction of sp³-hybridized carbons (Fsp3) is 0.867. The highest BCUT2D eigenvalue weighted by Gasteiger charge is 2.34. The van der Waals surface area contributed by atoms with Gasteiger partial charge < -0.3 is 4.90 Å². The highest BCUT2D eigenvalue weighted by Crippen LogP contribution is 2.24. The van der Waals surface area contributed by atoms with E-state index in [1.54, 1.807) is 6.92 Å². The van der Waals surface area contributed by atoms with E-state index in [2.05, 4.69) is 4.90 Å². The largest absolute Gasteiger partial charge is 0.341 e. The van der Waals surface area contributed by atoms with Crippen LogP contribution in [0.15, 0.2) is 0 Å². The molecule has 2 atom stereocenters. The molecule has 0 N–H and O–H groups in total. The quantitative estimate of drug-likeness (QED) is 0.779. The summed E-state index contributed by atoms with van der Waals surface area (Å²) in [6, 6.07) is 0.214. The molecule has 0 bridgehead atoms. The summed E-state index contributed by atoms with van der Waals surface area (Å²) in [5, 5.41) is 0. The second-order valence-corrected chi connectivity index (χ2v) is 6.00. The van der Waals surface area contributed by atoms with Crippen molar-refractivity contribution in [3.05, 3.63) is 0 Å². The number of nitrogens with zero attached hydrogens (tertiary/aromatic N) is 2. The maximum Gasteiger partial charge on any atom is 0.239 e. The van der Waals surface area contributed by atoms with Gasteiger partial charge >= 0.3 is 0 Å². The van der Waals surface area contributed by atoms with Gasteiger partial charge in [-0.25, -0.2) is 0 Å². The molecule has 2 fully saturated rings. The number of ketones is 1. The van der Waals surface area contributed by atoms with Crippen molar-refractivity contribution >= 4 is 11.7 Å². The van der Waals surface area contributed by atoms with Gasteiger partial charge in [0.15, 0.2) is 0 Å². The van der Waals surface area contributed by atoms with Crippen LogP contribution < -0.4 is 0 Å². The summed E-state index contributed by atoms with van der Waals surface area (Å²) >= 11 is 0. The second-order valence-electron chi connectivity index (χ2n) is 6.00. The molecule has 0 spiro atoms. The van der Waals surface area contributed by atoms with Crippen LogP contribution in [0.4, 0.5) is 0 Å². The standard InChI is InChI=1S/C15H26N2O2/c1-12(18)11-14-7-6-10-17(14)13(2)15(19)16-8-4-3-5-9-16/h13-14H,3-11H2,1-2H3. The third-order valence-corrected chi connectivity index (χ3v) is 4.47. The van der Waals surface area contributed by atoms with Gasteiger partial charge in [0.1, 0.15) is 5.78 Å². The topological polar surface area (TPSA) is 40.6 Å². The zero-order valence-electron chi connectivity index (χ0n) is 12.2. The van der Waals surface area contributed by atoms with Crippen molar-refractivity contribution in [1.29, 1.82) is 0 Å². The molecule has 0 saturated carbocycles. The van der Waals surface area contributed by atoms with Gasteiger partial charge in [-0.3, -0.25) is 14.5 Å². The van der Waals surface area contributed by atoms with E-state index in [-0.39, 0.29) is 23.8 Å². The monoisotopic (exact) mass is 266 g/mol. The van der Waals surface area contributed by atoms with Gasteiger partial charge in [-0.2, -0.15) is 0 Å². The maximum absolute atomic E-state index is 12.5. The average molecular weight is 266 g/mol. The number of piperidine rings is 1.